The number of hydrogen-bond acceptors (Lipinski definition) is 4. The molecule has 1 aromatic carbocycles. The Morgan fingerprint density at radius 1 is 1.43 bits per heavy atom. The molecule has 1 aliphatic rings. The maximum absolute atomic E-state index is 12.2. The Balaban J connectivity index is 2.21. The maximum atomic E-state index is 12.2. The summed E-state index contributed by atoms with van der Waals surface area (Å²) < 4.78 is 0.884. The minimum atomic E-state index is -0.615. The molecule has 3 rings (SSSR count). The molecule has 0 spiro atoms. The van der Waals surface area contributed by atoms with E-state index in [1.807, 2.05) is 32.0 Å². The van der Waals surface area contributed by atoms with Crippen molar-refractivity contribution in [3.63, 3.8) is 0 Å². The van der Waals surface area contributed by atoms with Crippen LogP contribution in [0.25, 0.3) is 10.9 Å². The Morgan fingerprint density at radius 3 is 2.95 bits per heavy atom. The highest BCUT2D eigenvalue weighted by atomic mass is 79.9. The summed E-state index contributed by atoms with van der Waals surface area (Å²) in [6, 6.07) is 5.77. The van der Waals surface area contributed by atoms with Crippen molar-refractivity contribution in [3.8, 4) is 0 Å². The fraction of sp³-hybridized carbons (Fsp3) is 0.333. The number of aromatic nitrogens is 1. The summed E-state index contributed by atoms with van der Waals surface area (Å²) in [5, 5.41) is 3.80. The van der Waals surface area contributed by atoms with Gasteiger partial charge >= 0.3 is 0 Å². The van der Waals surface area contributed by atoms with Gasteiger partial charge in [0, 0.05) is 34.8 Å². The van der Waals surface area contributed by atoms with Crippen molar-refractivity contribution in [2.75, 3.05) is 23.7 Å². The second kappa shape index (κ2) is 4.87. The van der Waals surface area contributed by atoms with Gasteiger partial charge in [0.1, 0.15) is 5.54 Å². The minimum absolute atomic E-state index is 0.0239. The fourth-order valence-corrected chi connectivity index (χ4v) is 3.07. The largest absolute Gasteiger partial charge is 0.398 e. The number of pyridine rings is 1. The smallest absolute Gasteiger partial charge is 0.245 e. The molecular formula is C15H17BrN4O. The molecule has 110 valence electrons. The van der Waals surface area contributed by atoms with Gasteiger partial charge in [0.15, 0.2) is 0 Å². The number of carbonyl (C=O) groups is 1. The molecule has 0 unspecified atom stereocenters. The van der Waals surface area contributed by atoms with Gasteiger partial charge < -0.3 is 16.0 Å². The standard InChI is InChI=1S/C15H17BrN4O/c1-15(2)14(21)18-5-6-20(15)12-4-3-11(17)10-7-9(16)8-19-13(10)12/h3-4,7-8H,5-6,17H2,1-2H3,(H,18,21). The summed E-state index contributed by atoms with van der Waals surface area (Å²) in [5.74, 6) is 0.0239. The van der Waals surface area contributed by atoms with Gasteiger partial charge in [-0.25, -0.2) is 0 Å². The number of amides is 1. The predicted octanol–water partition coefficient (Wildman–Crippen LogP) is 2.29. The van der Waals surface area contributed by atoms with Gasteiger partial charge in [0.2, 0.25) is 5.91 Å². The van der Waals surface area contributed by atoms with Crippen LogP contribution in [0.3, 0.4) is 0 Å². The molecule has 2 heterocycles. The first-order chi connectivity index (χ1) is 9.91. The summed E-state index contributed by atoms with van der Waals surface area (Å²) >= 11 is 3.42. The van der Waals surface area contributed by atoms with E-state index in [1.165, 1.54) is 0 Å². The summed E-state index contributed by atoms with van der Waals surface area (Å²) in [4.78, 5) is 18.8. The number of anilines is 2. The van der Waals surface area contributed by atoms with Crippen molar-refractivity contribution in [2.24, 2.45) is 0 Å². The minimum Gasteiger partial charge on any atom is -0.398 e. The van der Waals surface area contributed by atoms with Crippen LogP contribution in [0.4, 0.5) is 11.4 Å². The van der Waals surface area contributed by atoms with Crippen molar-refractivity contribution in [1.29, 1.82) is 0 Å². The van der Waals surface area contributed by atoms with E-state index >= 15 is 0 Å². The number of piperazine rings is 1. The number of rotatable bonds is 1. The van der Waals surface area contributed by atoms with E-state index in [4.69, 9.17) is 5.73 Å². The molecule has 1 aromatic heterocycles. The molecule has 2 aromatic rings. The third kappa shape index (κ3) is 2.23. The molecule has 1 amide bonds. The SMILES string of the molecule is CC1(C)C(=O)NCCN1c1ccc(N)c2cc(Br)cnc12. The fourth-order valence-electron chi connectivity index (χ4n) is 2.74. The number of halogens is 1. The zero-order chi connectivity index (χ0) is 15.2. The van der Waals surface area contributed by atoms with Crippen molar-refractivity contribution in [2.45, 2.75) is 19.4 Å². The van der Waals surface area contributed by atoms with Crippen LogP contribution >= 0.6 is 15.9 Å². The Labute approximate surface area is 131 Å². The highest BCUT2D eigenvalue weighted by Crippen LogP contribution is 2.35. The molecule has 1 aliphatic heterocycles. The Kier molecular flexibility index (Phi) is 3.28. The molecule has 0 aliphatic carbocycles. The lowest BCUT2D eigenvalue weighted by atomic mass is 9.97. The van der Waals surface area contributed by atoms with E-state index in [0.29, 0.717) is 12.2 Å². The lowest BCUT2D eigenvalue weighted by Crippen LogP contribution is -2.62. The molecule has 5 nitrogen and oxygen atoms in total. The lowest BCUT2D eigenvalue weighted by Gasteiger charge is -2.43. The van der Waals surface area contributed by atoms with E-state index in [9.17, 15) is 4.79 Å². The molecule has 3 N–H and O–H groups in total. The molecule has 1 saturated heterocycles. The topological polar surface area (TPSA) is 71.2 Å². The van der Waals surface area contributed by atoms with Crippen LogP contribution < -0.4 is 16.0 Å². The van der Waals surface area contributed by atoms with Crippen molar-refractivity contribution in [3.05, 3.63) is 28.9 Å². The maximum Gasteiger partial charge on any atom is 0.245 e. The predicted molar refractivity (Wildman–Crippen MR) is 88.3 cm³/mol. The number of benzene rings is 1. The van der Waals surface area contributed by atoms with Crippen LogP contribution in [0.15, 0.2) is 28.9 Å². The van der Waals surface area contributed by atoms with Crippen molar-refractivity contribution < 1.29 is 4.79 Å². The first-order valence-corrected chi connectivity index (χ1v) is 7.60. The van der Waals surface area contributed by atoms with Crippen LogP contribution in [0.2, 0.25) is 0 Å². The number of nitrogens with zero attached hydrogens (tertiary/aromatic N) is 2. The third-order valence-electron chi connectivity index (χ3n) is 3.97. The number of nitrogens with one attached hydrogen (secondary N) is 1. The molecule has 0 atom stereocenters. The zero-order valence-electron chi connectivity index (χ0n) is 12.0. The molecule has 0 bridgehead atoms. The zero-order valence-corrected chi connectivity index (χ0v) is 13.6. The van der Waals surface area contributed by atoms with Crippen LogP contribution in [0.1, 0.15) is 13.8 Å². The first-order valence-electron chi connectivity index (χ1n) is 6.81. The van der Waals surface area contributed by atoms with Crippen LogP contribution in [0.5, 0.6) is 0 Å². The molecule has 21 heavy (non-hydrogen) atoms. The normalized spacial score (nSPS) is 17.9. The Morgan fingerprint density at radius 2 is 2.19 bits per heavy atom. The number of carbonyl (C=O) groups excluding carboxylic acids is 1. The van der Waals surface area contributed by atoms with Gasteiger partial charge in [-0.1, -0.05) is 0 Å². The number of fused-ring (bicyclic) bond motifs is 1. The summed E-state index contributed by atoms with van der Waals surface area (Å²) in [6.45, 7) is 5.21. The molecule has 1 fully saturated rings. The summed E-state index contributed by atoms with van der Waals surface area (Å²) in [6.07, 6.45) is 1.75. The lowest BCUT2D eigenvalue weighted by molar-refractivity contribution is -0.126. The molecule has 0 radical (unpaired) electrons. The highest BCUT2D eigenvalue weighted by molar-refractivity contribution is 9.10. The van der Waals surface area contributed by atoms with E-state index < -0.39 is 5.54 Å². The highest BCUT2D eigenvalue weighted by Gasteiger charge is 2.38. The van der Waals surface area contributed by atoms with Crippen LogP contribution in [-0.4, -0.2) is 29.5 Å². The van der Waals surface area contributed by atoms with Gasteiger partial charge in [-0.3, -0.25) is 9.78 Å². The molecule has 6 heteroatoms. The average molecular weight is 349 g/mol. The van der Waals surface area contributed by atoms with Gasteiger partial charge in [-0.2, -0.15) is 0 Å². The second-order valence-electron chi connectivity index (χ2n) is 5.69. The second-order valence-corrected chi connectivity index (χ2v) is 6.61. The van der Waals surface area contributed by atoms with Gasteiger partial charge in [-0.15, -0.1) is 0 Å². The Bertz CT molecular complexity index is 729. The monoisotopic (exact) mass is 348 g/mol. The van der Waals surface area contributed by atoms with Gasteiger partial charge in [-0.05, 0) is 48.0 Å². The van der Waals surface area contributed by atoms with Crippen LogP contribution in [0, 0.1) is 0 Å². The summed E-state index contributed by atoms with van der Waals surface area (Å²) in [5.41, 5.74) is 7.88. The van der Waals surface area contributed by atoms with Gasteiger partial charge in [0.25, 0.3) is 0 Å². The van der Waals surface area contributed by atoms with Crippen molar-refractivity contribution in [1.82, 2.24) is 10.3 Å². The quantitative estimate of drug-likeness (QED) is 0.775. The summed E-state index contributed by atoms with van der Waals surface area (Å²) in [7, 11) is 0. The van der Waals surface area contributed by atoms with E-state index in [1.54, 1.807) is 6.20 Å². The third-order valence-corrected chi connectivity index (χ3v) is 4.40. The first kappa shape index (κ1) is 14.1. The Hall–Kier alpha value is -1.82. The van der Waals surface area contributed by atoms with E-state index in [0.717, 1.165) is 27.6 Å². The number of nitrogen functional groups attached to an aromatic ring is 1. The number of hydrogen-bond donors (Lipinski definition) is 2. The molecular weight excluding hydrogens is 332 g/mol. The van der Waals surface area contributed by atoms with E-state index in [2.05, 4.69) is 31.1 Å². The van der Waals surface area contributed by atoms with Crippen LogP contribution in [-0.2, 0) is 4.79 Å². The van der Waals surface area contributed by atoms with E-state index in [-0.39, 0.29) is 5.91 Å². The number of nitrogens with two attached hydrogens (primary N) is 1. The van der Waals surface area contributed by atoms with Crippen molar-refractivity contribution >= 4 is 44.1 Å². The molecule has 0 saturated carbocycles. The van der Waals surface area contributed by atoms with Gasteiger partial charge in [0.05, 0.1) is 11.2 Å². The average Bonchev–Trinajstić information content (AvgIpc) is 2.43.